The molecule has 1 aromatic carbocycles. The first kappa shape index (κ1) is 20.3. The Bertz CT molecular complexity index is 771. The molecular weight excluding hydrogens is 360 g/mol. The number of morpholine rings is 1. The zero-order valence-electron chi connectivity index (χ0n) is 15.1. The van der Waals surface area contributed by atoms with Gasteiger partial charge in [0.1, 0.15) is 0 Å². The second-order valence-electron chi connectivity index (χ2n) is 5.94. The molecule has 1 fully saturated rings. The Balaban J connectivity index is 2.23. The highest BCUT2D eigenvalue weighted by atomic mass is 32.2. The van der Waals surface area contributed by atoms with Crippen molar-refractivity contribution < 1.29 is 27.5 Å². The summed E-state index contributed by atoms with van der Waals surface area (Å²) >= 11 is 0. The van der Waals surface area contributed by atoms with Gasteiger partial charge >= 0.3 is 5.97 Å². The van der Waals surface area contributed by atoms with Gasteiger partial charge in [0.25, 0.3) is 5.91 Å². The molecule has 1 aliphatic rings. The number of hydrogen-bond donors (Lipinski definition) is 1. The highest BCUT2D eigenvalue weighted by molar-refractivity contribution is 7.89. The Hall–Kier alpha value is -1.97. The summed E-state index contributed by atoms with van der Waals surface area (Å²) in [4.78, 5) is 24.2. The largest absolute Gasteiger partial charge is 0.449 e. The number of carbonyl (C=O) groups is 2. The molecule has 0 saturated carbocycles. The molecule has 0 spiro atoms. The van der Waals surface area contributed by atoms with Gasteiger partial charge < -0.3 is 14.8 Å². The Morgan fingerprint density at radius 3 is 2.58 bits per heavy atom. The van der Waals surface area contributed by atoms with Gasteiger partial charge in [-0.3, -0.25) is 4.79 Å². The van der Waals surface area contributed by atoms with Crippen molar-refractivity contribution in [3.63, 3.8) is 0 Å². The molecule has 1 aliphatic heterocycles. The molecule has 26 heavy (non-hydrogen) atoms. The highest BCUT2D eigenvalue weighted by Gasteiger charge is 2.28. The van der Waals surface area contributed by atoms with Crippen LogP contribution in [-0.2, 0) is 24.3 Å². The molecule has 0 radical (unpaired) electrons. The molecular formula is C17H24N2O6S. The summed E-state index contributed by atoms with van der Waals surface area (Å²) in [5.41, 5.74) is 0.689. The molecule has 0 aliphatic carbocycles. The quantitative estimate of drug-likeness (QED) is 0.725. The fraction of sp³-hybridized carbons (Fsp3) is 0.529. The van der Waals surface area contributed by atoms with Crippen molar-refractivity contribution in [1.82, 2.24) is 9.62 Å². The second kappa shape index (κ2) is 8.61. The van der Waals surface area contributed by atoms with Crippen LogP contribution in [0.25, 0.3) is 0 Å². The van der Waals surface area contributed by atoms with Crippen molar-refractivity contribution in [2.24, 2.45) is 0 Å². The number of likely N-dealkylation sites (N-methyl/N-ethyl adjacent to an activating group) is 1. The average Bonchev–Trinajstić information content (AvgIpc) is 2.62. The molecule has 1 amide bonds. The van der Waals surface area contributed by atoms with Crippen LogP contribution in [0.5, 0.6) is 0 Å². The maximum Gasteiger partial charge on any atom is 0.339 e. The number of amides is 1. The smallest absolute Gasteiger partial charge is 0.339 e. The van der Waals surface area contributed by atoms with E-state index in [2.05, 4.69) is 5.32 Å². The third-order valence-electron chi connectivity index (χ3n) is 4.04. The van der Waals surface area contributed by atoms with Gasteiger partial charge in [0.15, 0.2) is 6.10 Å². The molecule has 2 rings (SSSR count). The van der Waals surface area contributed by atoms with E-state index in [-0.39, 0.29) is 23.5 Å². The van der Waals surface area contributed by atoms with E-state index in [0.717, 1.165) is 0 Å². The number of hydrogen-bond acceptors (Lipinski definition) is 6. The number of benzene rings is 1. The summed E-state index contributed by atoms with van der Waals surface area (Å²) in [5.74, 6) is -1.14. The molecule has 1 atom stereocenters. The van der Waals surface area contributed by atoms with Gasteiger partial charge in [0.05, 0.1) is 23.7 Å². The molecule has 1 heterocycles. The van der Waals surface area contributed by atoms with Crippen LogP contribution in [0, 0.1) is 6.92 Å². The van der Waals surface area contributed by atoms with Gasteiger partial charge in [-0.05, 0) is 38.5 Å². The first-order valence-electron chi connectivity index (χ1n) is 8.44. The third-order valence-corrected chi connectivity index (χ3v) is 5.94. The first-order valence-corrected chi connectivity index (χ1v) is 9.88. The molecule has 9 heteroatoms. The molecule has 0 unspecified atom stereocenters. The van der Waals surface area contributed by atoms with Crippen LogP contribution in [0.3, 0.4) is 0 Å². The van der Waals surface area contributed by atoms with Crippen molar-refractivity contribution in [3.05, 3.63) is 29.3 Å². The van der Waals surface area contributed by atoms with Crippen LogP contribution in [0.4, 0.5) is 0 Å². The number of esters is 1. The summed E-state index contributed by atoms with van der Waals surface area (Å²) in [6, 6.07) is 4.32. The van der Waals surface area contributed by atoms with E-state index in [1.807, 2.05) is 0 Å². The van der Waals surface area contributed by atoms with Gasteiger partial charge in [-0.15, -0.1) is 0 Å². The molecule has 1 saturated heterocycles. The Morgan fingerprint density at radius 2 is 1.96 bits per heavy atom. The molecule has 0 aromatic heterocycles. The molecule has 1 N–H and O–H groups in total. The Kier molecular flexibility index (Phi) is 6.74. The van der Waals surface area contributed by atoms with E-state index in [9.17, 15) is 18.0 Å². The lowest BCUT2D eigenvalue weighted by Crippen LogP contribution is -2.40. The van der Waals surface area contributed by atoms with Crippen LogP contribution in [-0.4, -0.2) is 63.6 Å². The number of nitrogens with zero attached hydrogens (tertiary/aromatic N) is 1. The van der Waals surface area contributed by atoms with Crippen molar-refractivity contribution in [2.45, 2.75) is 31.8 Å². The maximum absolute atomic E-state index is 12.7. The zero-order valence-corrected chi connectivity index (χ0v) is 16.0. The van der Waals surface area contributed by atoms with Crippen LogP contribution >= 0.6 is 0 Å². The zero-order chi connectivity index (χ0) is 19.3. The lowest BCUT2D eigenvalue weighted by Gasteiger charge is -2.26. The van der Waals surface area contributed by atoms with Crippen molar-refractivity contribution in [2.75, 3.05) is 32.8 Å². The predicted octanol–water partition coefficient (Wildman–Crippen LogP) is 0.697. The second-order valence-corrected chi connectivity index (χ2v) is 7.87. The number of aryl methyl sites for hydroxylation is 1. The van der Waals surface area contributed by atoms with Gasteiger partial charge in [0, 0.05) is 19.6 Å². The van der Waals surface area contributed by atoms with Gasteiger partial charge in [-0.25, -0.2) is 13.2 Å². The fourth-order valence-corrected chi connectivity index (χ4v) is 3.95. The van der Waals surface area contributed by atoms with Crippen LogP contribution in [0.15, 0.2) is 23.1 Å². The van der Waals surface area contributed by atoms with Gasteiger partial charge in [-0.2, -0.15) is 4.31 Å². The minimum atomic E-state index is -3.72. The van der Waals surface area contributed by atoms with Crippen molar-refractivity contribution >= 4 is 21.9 Å². The number of sulfonamides is 1. The van der Waals surface area contributed by atoms with E-state index < -0.39 is 28.0 Å². The number of ether oxygens (including phenoxy) is 2. The summed E-state index contributed by atoms with van der Waals surface area (Å²) in [6.45, 7) is 6.54. The van der Waals surface area contributed by atoms with Crippen LogP contribution < -0.4 is 5.32 Å². The fourth-order valence-electron chi connectivity index (χ4n) is 2.51. The summed E-state index contributed by atoms with van der Waals surface area (Å²) in [7, 11) is -3.72. The van der Waals surface area contributed by atoms with E-state index in [0.29, 0.717) is 25.3 Å². The number of nitrogens with one attached hydrogen (secondary N) is 1. The number of rotatable bonds is 6. The monoisotopic (exact) mass is 384 g/mol. The average molecular weight is 384 g/mol. The van der Waals surface area contributed by atoms with E-state index in [1.54, 1.807) is 19.9 Å². The van der Waals surface area contributed by atoms with Crippen LogP contribution in [0.2, 0.25) is 0 Å². The topological polar surface area (TPSA) is 102 Å². The van der Waals surface area contributed by atoms with E-state index in [1.165, 1.54) is 23.4 Å². The Morgan fingerprint density at radius 1 is 1.31 bits per heavy atom. The Labute approximate surface area is 153 Å². The van der Waals surface area contributed by atoms with Crippen molar-refractivity contribution in [3.8, 4) is 0 Å². The SMILES string of the molecule is CCNC(=O)[C@H](C)OC(=O)c1cc(S(=O)(=O)N2CCOCC2)ccc1C. The van der Waals surface area contributed by atoms with E-state index >= 15 is 0 Å². The van der Waals surface area contributed by atoms with Gasteiger partial charge in [0.2, 0.25) is 10.0 Å². The normalized spacial score (nSPS) is 16.7. The standard InChI is InChI=1S/C17H24N2O6S/c1-4-18-16(20)13(3)25-17(21)15-11-14(6-5-12(15)2)26(22,23)19-7-9-24-10-8-19/h5-6,11,13H,4,7-10H2,1-3H3,(H,18,20)/t13-/m0/s1. The third kappa shape index (κ3) is 4.60. The van der Waals surface area contributed by atoms with E-state index in [4.69, 9.17) is 9.47 Å². The summed E-state index contributed by atoms with van der Waals surface area (Å²) < 4.78 is 37.2. The number of carbonyl (C=O) groups excluding carboxylic acids is 2. The minimum Gasteiger partial charge on any atom is -0.449 e. The summed E-state index contributed by atoms with van der Waals surface area (Å²) in [6.07, 6.45) is -0.971. The lowest BCUT2D eigenvalue weighted by molar-refractivity contribution is -0.128. The molecule has 144 valence electrons. The molecule has 8 nitrogen and oxygen atoms in total. The van der Waals surface area contributed by atoms with Gasteiger partial charge in [-0.1, -0.05) is 6.07 Å². The maximum atomic E-state index is 12.7. The summed E-state index contributed by atoms with van der Waals surface area (Å²) in [5, 5.41) is 2.56. The van der Waals surface area contributed by atoms with Crippen LogP contribution in [0.1, 0.15) is 29.8 Å². The molecule has 1 aromatic rings. The van der Waals surface area contributed by atoms with Crippen molar-refractivity contribution in [1.29, 1.82) is 0 Å². The highest BCUT2D eigenvalue weighted by Crippen LogP contribution is 2.21. The molecule has 0 bridgehead atoms. The first-order chi connectivity index (χ1) is 12.3. The lowest BCUT2D eigenvalue weighted by atomic mass is 10.1. The minimum absolute atomic E-state index is 0.0163. The predicted molar refractivity (Wildman–Crippen MR) is 94.3 cm³/mol.